The molecule has 18 heavy (non-hydrogen) atoms. The molecule has 1 heterocycles. The van der Waals surface area contributed by atoms with Gasteiger partial charge in [-0.1, -0.05) is 43.0 Å². The van der Waals surface area contributed by atoms with E-state index in [4.69, 9.17) is 9.47 Å². The lowest BCUT2D eigenvalue weighted by atomic mass is 10.0. The molecule has 94 valence electrons. The quantitative estimate of drug-likeness (QED) is 0.798. The summed E-state index contributed by atoms with van der Waals surface area (Å²) in [4.78, 5) is 11.6. The van der Waals surface area contributed by atoms with Crippen LogP contribution in [-0.4, -0.2) is 18.5 Å². The van der Waals surface area contributed by atoms with Gasteiger partial charge in [0.15, 0.2) is 5.78 Å². The number of ether oxygens (including phenoxy) is 2. The van der Waals surface area contributed by atoms with E-state index in [2.05, 4.69) is 6.58 Å². The minimum atomic E-state index is -0.190. The molecular weight excluding hydrogens is 228 g/mol. The number of carbonyl (C=O) groups excluding carboxylic acids is 1. The van der Waals surface area contributed by atoms with E-state index >= 15 is 0 Å². The van der Waals surface area contributed by atoms with Crippen LogP contribution in [0.4, 0.5) is 0 Å². The molecule has 3 nitrogen and oxygen atoms in total. The fraction of sp³-hybridized carbons (Fsp3) is 0.267. The summed E-state index contributed by atoms with van der Waals surface area (Å²) in [5.41, 5.74) is 1.65. The van der Waals surface area contributed by atoms with Crippen LogP contribution in [0.15, 0.2) is 54.8 Å². The average Bonchev–Trinajstić information content (AvgIpc) is 2.40. The van der Waals surface area contributed by atoms with Gasteiger partial charge in [-0.05, 0) is 5.56 Å². The molecule has 1 aliphatic heterocycles. The number of hydrogen-bond acceptors (Lipinski definition) is 3. The SMILES string of the molecule is C=CC1=COC(COCc2ccccc2)CC1=O. The second-order valence-electron chi connectivity index (χ2n) is 4.16. The number of Topliss-reactive ketones (excluding diaryl/α,β-unsaturated/α-hetero) is 1. The Kier molecular flexibility index (Phi) is 4.31. The largest absolute Gasteiger partial charge is 0.494 e. The van der Waals surface area contributed by atoms with Crippen molar-refractivity contribution in [3.63, 3.8) is 0 Å². The van der Waals surface area contributed by atoms with Gasteiger partial charge in [-0.3, -0.25) is 4.79 Å². The van der Waals surface area contributed by atoms with E-state index in [-0.39, 0.29) is 11.9 Å². The van der Waals surface area contributed by atoms with Crippen molar-refractivity contribution in [3.05, 3.63) is 60.4 Å². The summed E-state index contributed by atoms with van der Waals surface area (Å²) < 4.78 is 11.0. The van der Waals surface area contributed by atoms with Gasteiger partial charge in [-0.15, -0.1) is 0 Å². The van der Waals surface area contributed by atoms with Crippen LogP contribution in [0.1, 0.15) is 12.0 Å². The van der Waals surface area contributed by atoms with E-state index in [9.17, 15) is 4.79 Å². The first-order valence-corrected chi connectivity index (χ1v) is 5.92. The first-order valence-electron chi connectivity index (χ1n) is 5.92. The Morgan fingerprint density at radius 1 is 1.39 bits per heavy atom. The van der Waals surface area contributed by atoms with Crippen molar-refractivity contribution in [2.45, 2.75) is 19.1 Å². The zero-order valence-electron chi connectivity index (χ0n) is 10.2. The summed E-state index contributed by atoms with van der Waals surface area (Å²) in [6, 6.07) is 9.91. The molecule has 0 aliphatic carbocycles. The molecule has 0 N–H and O–H groups in total. The molecule has 1 unspecified atom stereocenters. The fourth-order valence-corrected chi connectivity index (χ4v) is 1.75. The Hall–Kier alpha value is -1.87. The molecule has 1 aromatic carbocycles. The maximum Gasteiger partial charge on any atom is 0.169 e. The van der Waals surface area contributed by atoms with E-state index in [0.29, 0.717) is 25.2 Å². The van der Waals surface area contributed by atoms with Crippen molar-refractivity contribution in [3.8, 4) is 0 Å². The van der Waals surface area contributed by atoms with E-state index in [1.54, 1.807) is 0 Å². The summed E-state index contributed by atoms with van der Waals surface area (Å²) in [5.74, 6) is 0.0598. The molecule has 0 bridgehead atoms. The lowest BCUT2D eigenvalue weighted by Gasteiger charge is -2.20. The number of rotatable bonds is 5. The summed E-state index contributed by atoms with van der Waals surface area (Å²) in [7, 11) is 0. The van der Waals surface area contributed by atoms with Crippen molar-refractivity contribution >= 4 is 5.78 Å². The highest BCUT2D eigenvalue weighted by Crippen LogP contribution is 2.15. The Bertz CT molecular complexity index is 448. The number of hydrogen-bond donors (Lipinski definition) is 0. The molecule has 2 rings (SSSR count). The van der Waals surface area contributed by atoms with Gasteiger partial charge < -0.3 is 9.47 Å². The Balaban J connectivity index is 1.77. The first kappa shape index (κ1) is 12.6. The first-order chi connectivity index (χ1) is 8.79. The van der Waals surface area contributed by atoms with Crippen LogP contribution >= 0.6 is 0 Å². The van der Waals surface area contributed by atoms with Crippen molar-refractivity contribution < 1.29 is 14.3 Å². The molecule has 3 heteroatoms. The number of ketones is 1. The predicted molar refractivity (Wildman–Crippen MR) is 68.9 cm³/mol. The maximum absolute atomic E-state index is 11.6. The van der Waals surface area contributed by atoms with E-state index < -0.39 is 0 Å². The Morgan fingerprint density at radius 2 is 2.17 bits per heavy atom. The zero-order valence-corrected chi connectivity index (χ0v) is 10.2. The van der Waals surface area contributed by atoms with Crippen LogP contribution in [-0.2, 0) is 20.9 Å². The minimum absolute atomic E-state index is 0.0598. The molecule has 0 amide bonds. The van der Waals surface area contributed by atoms with Crippen LogP contribution in [0.3, 0.4) is 0 Å². The summed E-state index contributed by atoms with van der Waals surface area (Å²) in [6.45, 7) is 4.51. The van der Waals surface area contributed by atoms with Gasteiger partial charge in [0.05, 0.1) is 31.5 Å². The van der Waals surface area contributed by atoms with Crippen molar-refractivity contribution in [1.29, 1.82) is 0 Å². The zero-order chi connectivity index (χ0) is 12.8. The van der Waals surface area contributed by atoms with E-state index in [1.165, 1.54) is 12.3 Å². The van der Waals surface area contributed by atoms with E-state index in [0.717, 1.165) is 5.56 Å². The third-order valence-electron chi connectivity index (χ3n) is 2.76. The highest BCUT2D eigenvalue weighted by atomic mass is 16.5. The Labute approximate surface area is 107 Å². The van der Waals surface area contributed by atoms with Crippen LogP contribution in [0, 0.1) is 0 Å². The van der Waals surface area contributed by atoms with Crippen LogP contribution in [0.2, 0.25) is 0 Å². The molecular formula is C15H16O3. The van der Waals surface area contributed by atoms with Gasteiger partial charge in [-0.2, -0.15) is 0 Å². The monoisotopic (exact) mass is 244 g/mol. The molecule has 0 saturated heterocycles. The molecule has 0 aromatic heterocycles. The molecule has 1 aliphatic rings. The van der Waals surface area contributed by atoms with Gasteiger partial charge in [0, 0.05) is 0 Å². The van der Waals surface area contributed by atoms with Crippen LogP contribution in [0.25, 0.3) is 0 Å². The highest BCUT2D eigenvalue weighted by molar-refractivity contribution is 5.98. The molecule has 0 spiro atoms. The third-order valence-corrected chi connectivity index (χ3v) is 2.76. The summed E-state index contributed by atoms with van der Waals surface area (Å²) in [5, 5.41) is 0. The molecule has 1 aromatic rings. The van der Waals surface area contributed by atoms with E-state index in [1.807, 2.05) is 30.3 Å². The van der Waals surface area contributed by atoms with Gasteiger partial charge in [0.2, 0.25) is 0 Å². The standard InChI is InChI=1S/C15H16O3/c1-2-13-10-18-14(8-15(13)16)11-17-9-12-6-4-3-5-7-12/h2-7,10,14H,1,8-9,11H2. The van der Waals surface area contributed by atoms with Crippen molar-refractivity contribution in [2.24, 2.45) is 0 Å². The predicted octanol–water partition coefficient (Wildman–Crippen LogP) is 2.63. The summed E-state index contributed by atoms with van der Waals surface area (Å²) >= 11 is 0. The van der Waals surface area contributed by atoms with Gasteiger partial charge >= 0.3 is 0 Å². The highest BCUT2D eigenvalue weighted by Gasteiger charge is 2.21. The smallest absolute Gasteiger partial charge is 0.169 e. The number of benzene rings is 1. The lowest BCUT2D eigenvalue weighted by molar-refractivity contribution is -0.120. The lowest BCUT2D eigenvalue weighted by Crippen LogP contribution is -2.26. The maximum atomic E-state index is 11.6. The number of allylic oxidation sites excluding steroid dienone is 2. The average molecular weight is 244 g/mol. The third kappa shape index (κ3) is 3.31. The molecule has 0 saturated carbocycles. The minimum Gasteiger partial charge on any atom is -0.494 e. The summed E-state index contributed by atoms with van der Waals surface area (Å²) in [6.07, 6.45) is 3.15. The fourth-order valence-electron chi connectivity index (χ4n) is 1.75. The Morgan fingerprint density at radius 3 is 2.83 bits per heavy atom. The van der Waals surface area contributed by atoms with Crippen LogP contribution < -0.4 is 0 Å². The normalized spacial score (nSPS) is 19.0. The molecule has 1 atom stereocenters. The second kappa shape index (κ2) is 6.17. The molecule has 0 radical (unpaired) electrons. The van der Waals surface area contributed by atoms with Crippen LogP contribution in [0.5, 0.6) is 0 Å². The van der Waals surface area contributed by atoms with Crippen molar-refractivity contribution in [2.75, 3.05) is 6.61 Å². The second-order valence-corrected chi connectivity index (χ2v) is 4.16. The number of carbonyl (C=O) groups is 1. The van der Waals surface area contributed by atoms with Gasteiger partial charge in [0.1, 0.15) is 6.10 Å². The van der Waals surface area contributed by atoms with Crippen molar-refractivity contribution in [1.82, 2.24) is 0 Å². The molecule has 0 fully saturated rings. The van der Waals surface area contributed by atoms with Gasteiger partial charge in [0.25, 0.3) is 0 Å². The van der Waals surface area contributed by atoms with Gasteiger partial charge in [-0.25, -0.2) is 0 Å². The topological polar surface area (TPSA) is 35.5 Å².